The lowest BCUT2D eigenvalue weighted by molar-refractivity contribution is 0.107. The van der Waals surface area contributed by atoms with Crippen molar-refractivity contribution in [2.75, 3.05) is 19.6 Å². The lowest BCUT2D eigenvalue weighted by atomic mass is 9.87. The molecule has 3 nitrogen and oxygen atoms in total. The van der Waals surface area contributed by atoms with Crippen molar-refractivity contribution in [3.63, 3.8) is 0 Å². The second-order valence-corrected chi connectivity index (χ2v) is 5.11. The Morgan fingerprint density at radius 3 is 2.33 bits per heavy atom. The maximum absolute atomic E-state index is 9.42. The Labute approximate surface area is 92.6 Å². The highest BCUT2D eigenvalue weighted by Crippen LogP contribution is 2.23. The van der Waals surface area contributed by atoms with Crippen LogP contribution < -0.4 is 10.6 Å². The monoisotopic (exact) mass is 212 g/mol. The van der Waals surface area contributed by atoms with Gasteiger partial charge in [0.1, 0.15) is 0 Å². The summed E-state index contributed by atoms with van der Waals surface area (Å²) in [6.07, 6.45) is 6.97. The molecule has 0 radical (unpaired) electrons. The van der Waals surface area contributed by atoms with E-state index in [9.17, 15) is 5.11 Å². The van der Waals surface area contributed by atoms with Gasteiger partial charge in [0.25, 0.3) is 0 Å². The number of rotatable bonds is 3. The zero-order valence-corrected chi connectivity index (χ0v) is 9.54. The fourth-order valence-corrected chi connectivity index (χ4v) is 2.71. The second-order valence-electron chi connectivity index (χ2n) is 5.11. The fourth-order valence-electron chi connectivity index (χ4n) is 2.71. The standard InChI is InChI=1S/C12H24N2O/c15-12-3-1-10(2-4-12)9-14-11-5-7-13-8-6-11/h10-15H,1-9H2. The molecule has 15 heavy (non-hydrogen) atoms. The van der Waals surface area contributed by atoms with E-state index in [0.29, 0.717) is 0 Å². The van der Waals surface area contributed by atoms with Crippen molar-refractivity contribution in [3.05, 3.63) is 0 Å². The van der Waals surface area contributed by atoms with Gasteiger partial charge < -0.3 is 15.7 Å². The van der Waals surface area contributed by atoms with E-state index in [1.54, 1.807) is 0 Å². The number of nitrogens with one attached hydrogen (secondary N) is 2. The number of hydrogen-bond acceptors (Lipinski definition) is 3. The van der Waals surface area contributed by atoms with Crippen molar-refractivity contribution in [3.8, 4) is 0 Å². The van der Waals surface area contributed by atoms with Gasteiger partial charge in [-0.2, -0.15) is 0 Å². The molecule has 2 aliphatic rings. The van der Waals surface area contributed by atoms with Crippen molar-refractivity contribution in [2.45, 2.75) is 50.7 Å². The van der Waals surface area contributed by atoms with Crippen LogP contribution in [0.25, 0.3) is 0 Å². The third kappa shape index (κ3) is 3.74. The first kappa shape index (κ1) is 11.4. The minimum absolute atomic E-state index is 0.0138. The van der Waals surface area contributed by atoms with Gasteiger partial charge in [-0.25, -0.2) is 0 Å². The first-order chi connectivity index (χ1) is 7.34. The van der Waals surface area contributed by atoms with Crippen LogP contribution in [-0.4, -0.2) is 36.9 Å². The predicted molar refractivity (Wildman–Crippen MR) is 61.9 cm³/mol. The summed E-state index contributed by atoms with van der Waals surface area (Å²) in [5.74, 6) is 0.809. The largest absolute Gasteiger partial charge is 0.393 e. The lowest BCUT2D eigenvalue weighted by Crippen LogP contribution is -2.42. The summed E-state index contributed by atoms with van der Waals surface area (Å²) < 4.78 is 0. The maximum Gasteiger partial charge on any atom is 0.0540 e. The van der Waals surface area contributed by atoms with Crippen LogP contribution in [0.2, 0.25) is 0 Å². The van der Waals surface area contributed by atoms with Crippen LogP contribution >= 0.6 is 0 Å². The SMILES string of the molecule is OC1CCC(CNC2CCNCC2)CC1. The Balaban J connectivity index is 1.60. The van der Waals surface area contributed by atoms with Gasteiger partial charge >= 0.3 is 0 Å². The number of hydrogen-bond donors (Lipinski definition) is 3. The molecular weight excluding hydrogens is 188 g/mol. The van der Waals surface area contributed by atoms with Crippen LogP contribution in [0.15, 0.2) is 0 Å². The molecule has 2 fully saturated rings. The number of aliphatic hydroxyl groups is 1. The molecule has 0 aromatic rings. The maximum atomic E-state index is 9.42. The van der Waals surface area contributed by atoms with Crippen LogP contribution in [0.1, 0.15) is 38.5 Å². The smallest absolute Gasteiger partial charge is 0.0540 e. The van der Waals surface area contributed by atoms with Crippen LogP contribution in [0.4, 0.5) is 0 Å². The van der Waals surface area contributed by atoms with E-state index in [2.05, 4.69) is 10.6 Å². The predicted octanol–water partition coefficient (Wildman–Crippen LogP) is 0.879. The van der Waals surface area contributed by atoms with Crippen molar-refractivity contribution >= 4 is 0 Å². The van der Waals surface area contributed by atoms with E-state index in [4.69, 9.17) is 0 Å². The van der Waals surface area contributed by atoms with E-state index in [1.165, 1.54) is 38.8 Å². The summed E-state index contributed by atoms with van der Waals surface area (Å²) in [7, 11) is 0. The van der Waals surface area contributed by atoms with Crippen LogP contribution in [-0.2, 0) is 0 Å². The van der Waals surface area contributed by atoms with E-state index < -0.39 is 0 Å². The Morgan fingerprint density at radius 2 is 1.67 bits per heavy atom. The molecule has 88 valence electrons. The minimum atomic E-state index is -0.0138. The van der Waals surface area contributed by atoms with Crippen LogP contribution in [0.3, 0.4) is 0 Å². The summed E-state index contributed by atoms with van der Waals surface area (Å²) in [4.78, 5) is 0. The molecule has 0 aromatic heterocycles. The van der Waals surface area contributed by atoms with E-state index in [1.807, 2.05) is 0 Å². The van der Waals surface area contributed by atoms with Gasteiger partial charge in [-0.1, -0.05) is 0 Å². The van der Waals surface area contributed by atoms with Gasteiger partial charge in [0.15, 0.2) is 0 Å². The third-order valence-corrected chi connectivity index (χ3v) is 3.85. The average molecular weight is 212 g/mol. The molecule has 2 rings (SSSR count). The van der Waals surface area contributed by atoms with Crippen molar-refractivity contribution < 1.29 is 5.11 Å². The van der Waals surface area contributed by atoms with Gasteiger partial charge in [-0.05, 0) is 64.1 Å². The molecule has 0 aromatic carbocycles. The van der Waals surface area contributed by atoms with E-state index in [0.717, 1.165) is 31.3 Å². The molecule has 0 unspecified atom stereocenters. The summed E-state index contributed by atoms with van der Waals surface area (Å²) >= 11 is 0. The van der Waals surface area contributed by atoms with Crippen molar-refractivity contribution in [1.29, 1.82) is 0 Å². The Morgan fingerprint density at radius 1 is 1.00 bits per heavy atom. The highest BCUT2D eigenvalue weighted by atomic mass is 16.3. The molecule has 0 spiro atoms. The highest BCUT2D eigenvalue weighted by molar-refractivity contribution is 4.78. The minimum Gasteiger partial charge on any atom is -0.393 e. The first-order valence-corrected chi connectivity index (χ1v) is 6.47. The number of piperidine rings is 1. The molecule has 3 N–H and O–H groups in total. The zero-order valence-electron chi connectivity index (χ0n) is 9.54. The van der Waals surface area contributed by atoms with Gasteiger partial charge in [0, 0.05) is 6.04 Å². The molecule has 3 heteroatoms. The highest BCUT2D eigenvalue weighted by Gasteiger charge is 2.20. The van der Waals surface area contributed by atoms with Gasteiger partial charge in [-0.3, -0.25) is 0 Å². The fraction of sp³-hybridized carbons (Fsp3) is 1.00. The van der Waals surface area contributed by atoms with Gasteiger partial charge in [0.2, 0.25) is 0 Å². The number of aliphatic hydroxyl groups excluding tert-OH is 1. The Kier molecular flexibility index (Phi) is 4.42. The Bertz CT molecular complexity index is 172. The van der Waals surface area contributed by atoms with Crippen molar-refractivity contribution in [1.82, 2.24) is 10.6 Å². The van der Waals surface area contributed by atoms with Crippen LogP contribution in [0, 0.1) is 5.92 Å². The molecule has 1 aliphatic heterocycles. The quantitative estimate of drug-likeness (QED) is 0.651. The molecule has 1 heterocycles. The topological polar surface area (TPSA) is 44.3 Å². The van der Waals surface area contributed by atoms with E-state index >= 15 is 0 Å². The second kappa shape index (κ2) is 5.83. The van der Waals surface area contributed by atoms with Crippen molar-refractivity contribution in [2.24, 2.45) is 5.92 Å². The molecular formula is C12H24N2O. The molecule has 1 aliphatic carbocycles. The summed E-state index contributed by atoms with van der Waals surface area (Å²) in [6, 6.07) is 0.734. The molecule has 1 saturated heterocycles. The summed E-state index contributed by atoms with van der Waals surface area (Å²) in [6.45, 7) is 3.50. The Hall–Kier alpha value is -0.120. The van der Waals surface area contributed by atoms with Crippen LogP contribution in [0.5, 0.6) is 0 Å². The molecule has 0 atom stereocenters. The zero-order chi connectivity index (χ0) is 10.5. The van der Waals surface area contributed by atoms with E-state index in [-0.39, 0.29) is 6.10 Å². The summed E-state index contributed by atoms with van der Waals surface area (Å²) in [5, 5.41) is 16.5. The molecule has 0 bridgehead atoms. The molecule has 0 amide bonds. The lowest BCUT2D eigenvalue weighted by Gasteiger charge is -2.29. The third-order valence-electron chi connectivity index (χ3n) is 3.85. The van der Waals surface area contributed by atoms with Gasteiger partial charge in [0.05, 0.1) is 6.10 Å². The summed E-state index contributed by atoms with van der Waals surface area (Å²) in [5.41, 5.74) is 0. The molecule has 1 saturated carbocycles. The normalized spacial score (nSPS) is 34.2. The van der Waals surface area contributed by atoms with Gasteiger partial charge in [-0.15, -0.1) is 0 Å². The average Bonchev–Trinajstić information content (AvgIpc) is 2.30. The first-order valence-electron chi connectivity index (χ1n) is 6.47.